The van der Waals surface area contributed by atoms with Crippen LogP contribution in [0, 0.1) is 0 Å². The Kier molecular flexibility index (Phi) is 4.18. The molecule has 1 aromatic carbocycles. The molecule has 0 aliphatic carbocycles. The maximum absolute atomic E-state index is 6.15. The highest BCUT2D eigenvalue weighted by Crippen LogP contribution is 2.16. The van der Waals surface area contributed by atoms with Gasteiger partial charge >= 0.3 is 0 Å². The van der Waals surface area contributed by atoms with E-state index in [9.17, 15) is 0 Å². The summed E-state index contributed by atoms with van der Waals surface area (Å²) >= 11 is 5.84. The highest BCUT2D eigenvalue weighted by atomic mass is 35.5. The molecule has 0 radical (unpaired) electrons. The summed E-state index contributed by atoms with van der Waals surface area (Å²) in [4.78, 5) is 2.34. The Labute approximate surface area is 101 Å². The molecule has 0 aromatic heterocycles. The van der Waals surface area contributed by atoms with Crippen LogP contribution in [0.25, 0.3) is 0 Å². The predicted molar refractivity (Wildman–Crippen MR) is 65.6 cm³/mol. The number of hydrogen-bond acceptors (Lipinski definition) is 3. The van der Waals surface area contributed by atoms with Crippen LogP contribution < -0.4 is 5.73 Å². The summed E-state index contributed by atoms with van der Waals surface area (Å²) in [5.74, 6) is 0. The highest BCUT2D eigenvalue weighted by Gasteiger charge is 2.14. The van der Waals surface area contributed by atoms with E-state index in [1.807, 2.05) is 24.3 Å². The van der Waals surface area contributed by atoms with E-state index in [4.69, 9.17) is 22.1 Å². The average molecular weight is 241 g/mol. The minimum atomic E-state index is 0.0513. The van der Waals surface area contributed by atoms with E-state index in [1.54, 1.807) is 0 Å². The summed E-state index contributed by atoms with van der Waals surface area (Å²) in [5, 5.41) is 0.752. The van der Waals surface area contributed by atoms with Crippen molar-refractivity contribution >= 4 is 11.6 Å². The molecular weight excluding hydrogens is 224 g/mol. The molecule has 1 fully saturated rings. The topological polar surface area (TPSA) is 38.5 Å². The van der Waals surface area contributed by atoms with Crippen molar-refractivity contribution in [3.63, 3.8) is 0 Å². The largest absolute Gasteiger partial charge is 0.379 e. The van der Waals surface area contributed by atoms with E-state index in [-0.39, 0.29) is 6.04 Å². The van der Waals surface area contributed by atoms with Crippen LogP contribution in [-0.2, 0) is 4.74 Å². The Morgan fingerprint density at radius 1 is 1.25 bits per heavy atom. The molecule has 4 heteroatoms. The zero-order valence-corrected chi connectivity index (χ0v) is 9.99. The molecule has 1 saturated heterocycles. The third-order valence-electron chi connectivity index (χ3n) is 2.86. The highest BCUT2D eigenvalue weighted by molar-refractivity contribution is 6.30. The fourth-order valence-electron chi connectivity index (χ4n) is 1.88. The second-order valence-electron chi connectivity index (χ2n) is 4.07. The van der Waals surface area contributed by atoms with E-state index in [1.165, 1.54) is 0 Å². The van der Waals surface area contributed by atoms with Gasteiger partial charge < -0.3 is 10.5 Å². The molecule has 0 amide bonds. The van der Waals surface area contributed by atoms with Gasteiger partial charge in [-0.25, -0.2) is 0 Å². The SMILES string of the molecule is NC(CN1CCOCC1)c1ccc(Cl)cc1. The first-order valence-electron chi connectivity index (χ1n) is 5.57. The molecule has 1 heterocycles. The van der Waals surface area contributed by atoms with Crippen LogP contribution in [0.15, 0.2) is 24.3 Å². The second-order valence-corrected chi connectivity index (χ2v) is 4.51. The molecule has 0 spiro atoms. The quantitative estimate of drug-likeness (QED) is 0.874. The maximum Gasteiger partial charge on any atom is 0.0594 e. The van der Waals surface area contributed by atoms with Crippen LogP contribution in [0.4, 0.5) is 0 Å². The van der Waals surface area contributed by atoms with E-state index in [2.05, 4.69) is 4.90 Å². The Morgan fingerprint density at radius 2 is 1.88 bits per heavy atom. The monoisotopic (exact) mass is 240 g/mol. The van der Waals surface area contributed by atoms with Gasteiger partial charge in [-0.1, -0.05) is 23.7 Å². The molecule has 0 bridgehead atoms. The van der Waals surface area contributed by atoms with Crippen LogP contribution in [0.5, 0.6) is 0 Å². The Hall–Kier alpha value is -0.610. The van der Waals surface area contributed by atoms with E-state index in [0.29, 0.717) is 0 Å². The molecule has 2 rings (SSSR count). The third-order valence-corrected chi connectivity index (χ3v) is 3.11. The van der Waals surface area contributed by atoms with Crippen molar-refractivity contribution in [2.75, 3.05) is 32.8 Å². The lowest BCUT2D eigenvalue weighted by atomic mass is 10.1. The minimum Gasteiger partial charge on any atom is -0.379 e. The normalized spacial score (nSPS) is 19.6. The molecular formula is C12H17ClN2O. The van der Waals surface area contributed by atoms with Crippen molar-refractivity contribution in [1.82, 2.24) is 4.90 Å². The minimum absolute atomic E-state index is 0.0513. The number of ether oxygens (including phenoxy) is 1. The lowest BCUT2D eigenvalue weighted by Gasteiger charge is -2.29. The van der Waals surface area contributed by atoms with Gasteiger partial charge in [0, 0.05) is 30.7 Å². The number of rotatable bonds is 3. The van der Waals surface area contributed by atoms with Gasteiger partial charge in [-0.15, -0.1) is 0 Å². The molecule has 1 unspecified atom stereocenters. The molecule has 88 valence electrons. The smallest absolute Gasteiger partial charge is 0.0594 e. The van der Waals surface area contributed by atoms with Gasteiger partial charge in [0.2, 0.25) is 0 Å². The number of benzene rings is 1. The van der Waals surface area contributed by atoms with Crippen molar-refractivity contribution in [2.45, 2.75) is 6.04 Å². The number of morpholine rings is 1. The van der Waals surface area contributed by atoms with Crippen LogP contribution >= 0.6 is 11.6 Å². The van der Waals surface area contributed by atoms with Crippen LogP contribution in [0.1, 0.15) is 11.6 Å². The van der Waals surface area contributed by atoms with Crippen molar-refractivity contribution in [2.24, 2.45) is 5.73 Å². The Balaban J connectivity index is 1.91. The van der Waals surface area contributed by atoms with E-state index < -0.39 is 0 Å². The van der Waals surface area contributed by atoms with Crippen LogP contribution in [0.3, 0.4) is 0 Å². The van der Waals surface area contributed by atoms with Gasteiger partial charge in [-0.3, -0.25) is 4.90 Å². The summed E-state index contributed by atoms with van der Waals surface area (Å²) < 4.78 is 5.30. The summed E-state index contributed by atoms with van der Waals surface area (Å²) in [7, 11) is 0. The molecule has 1 aromatic rings. The van der Waals surface area contributed by atoms with Gasteiger partial charge in [-0.2, -0.15) is 0 Å². The van der Waals surface area contributed by atoms with Crippen molar-refractivity contribution in [3.8, 4) is 0 Å². The van der Waals surface area contributed by atoms with Gasteiger partial charge in [0.25, 0.3) is 0 Å². The first kappa shape index (κ1) is 11.9. The van der Waals surface area contributed by atoms with Crippen LogP contribution in [-0.4, -0.2) is 37.7 Å². The molecule has 1 aliphatic heterocycles. The number of hydrogen-bond donors (Lipinski definition) is 1. The fourth-order valence-corrected chi connectivity index (χ4v) is 2.00. The molecule has 3 nitrogen and oxygen atoms in total. The standard InChI is InChI=1S/C12H17ClN2O/c13-11-3-1-10(2-4-11)12(14)9-15-5-7-16-8-6-15/h1-4,12H,5-9,14H2. The lowest BCUT2D eigenvalue weighted by molar-refractivity contribution is 0.0352. The zero-order chi connectivity index (χ0) is 11.4. The maximum atomic E-state index is 6.15. The zero-order valence-electron chi connectivity index (χ0n) is 9.23. The molecule has 2 N–H and O–H groups in total. The molecule has 0 saturated carbocycles. The Bertz CT molecular complexity index is 322. The van der Waals surface area contributed by atoms with Crippen molar-refractivity contribution in [3.05, 3.63) is 34.9 Å². The third kappa shape index (κ3) is 3.19. The first-order chi connectivity index (χ1) is 7.75. The van der Waals surface area contributed by atoms with Gasteiger partial charge in [0.15, 0.2) is 0 Å². The summed E-state index contributed by atoms with van der Waals surface area (Å²) in [5.41, 5.74) is 7.29. The number of halogens is 1. The Morgan fingerprint density at radius 3 is 2.50 bits per heavy atom. The van der Waals surface area contributed by atoms with E-state index in [0.717, 1.165) is 43.4 Å². The van der Waals surface area contributed by atoms with Crippen molar-refractivity contribution in [1.29, 1.82) is 0 Å². The van der Waals surface area contributed by atoms with Crippen molar-refractivity contribution < 1.29 is 4.74 Å². The van der Waals surface area contributed by atoms with Crippen LogP contribution in [0.2, 0.25) is 5.02 Å². The number of nitrogens with two attached hydrogens (primary N) is 1. The predicted octanol–water partition coefficient (Wildman–Crippen LogP) is 1.67. The second kappa shape index (κ2) is 5.64. The number of nitrogens with zero attached hydrogens (tertiary/aromatic N) is 1. The van der Waals surface area contributed by atoms with E-state index >= 15 is 0 Å². The van der Waals surface area contributed by atoms with Gasteiger partial charge in [0.05, 0.1) is 13.2 Å². The molecule has 16 heavy (non-hydrogen) atoms. The first-order valence-corrected chi connectivity index (χ1v) is 5.94. The fraction of sp³-hybridized carbons (Fsp3) is 0.500. The molecule has 1 atom stereocenters. The summed E-state index contributed by atoms with van der Waals surface area (Å²) in [6.07, 6.45) is 0. The lowest BCUT2D eigenvalue weighted by Crippen LogP contribution is -2.40. The summed E-state index contributed by atoms with van der Waals surface area (Å²) in [6, 6.07) is 7.81. The van der Waals surface area contributed by atoms with Gasteiger partial charge in [0.1, 0.15) is 0 Å². The average Bonchev–Trinajstić information content (AvgIpc) is 2.31. The summed E-state index contributed by atoms with van der Waals surface area (Å²) in [6.45, 7) is 4.45. The van der Waals surface area contributed by atoms with Gasteiger partial charge in [-0.05, 0) is 17.7 Å². The molecule has 1 aliphatic rings.